The molecule has 8 nitrogen and oxygen atoms in total. The highest BCUT2D eigenvalue weighted by atomic mass is 19.1. The average Bonchev–Trinajstić information content (AvgIpc) is 2.74. The standard InChI is InChI=1S/C21H21FN6O2/c1-13(2)28-30-20-12-26-18(11-27-20)19(29)9-14-5-6-16(22)15(8-14)10-25-17-4-3-7-24-21(17)23/h3-8,11-12,25H,9-10H2,1-2H3,(H2,23,24). The first-order valence-electron chi connectivity index (χ1n) is 9.17. The van der Waals surface area contributed by atoms with Crippen LogP contribution in [0.2, 0.25) is 0 Å². The van der Waals surface area contributed by atoms with Gasteiger partial charge in [-0.3, -0.25) is 4.79 Å². The van der Waals surface area contributed by atoms with Crippen LogP contribution in [-0.2, 0) is 13.0 Å². The summed E-state index contributed by atoms with van der Waals surface area (Å²) in [6, 6.07) is 8.03. The summed E-state index contributed by atoms with van der Waals surface area (Å²) in [5, 5.41) is 6.82. The number of hydrogen-bond acceptors (Lipinski definition) is 8. The molecule has 1 aromatic carbocycles. The van der Waals surface area contributed by atoms with E-state index >= 15 is 0 Å². The van der Waals surface area contributed by atoms with Gasteiger partial charge in [0.15, 0.2) is 5.78 Å². The van der Waals surface area contributed by atoms with E-state index in [-0.39, 0.29) is 36.1 Å². The van der Waals surface area contributed by atoms with Crippen LogP contribution in [0.25, 0.3) is 0 Å². The number of nitrogens with one attached hydrogen (secondary N) is 1. The number of oxime groups is 1. The SMILES string of the molecule is CC(C)=NOc1cnc(C(=O)Cc2ccc(F)c(CNc3cccnc3N)c2)cn1. The van der Waals surface area contributed by atoms with Gasteiger partial charge in [0, 0.05) is 24.7 Å². The number of hydrogen-bond donors (Lipinski definition) is 2. The molecule has 154 valence electrons. The van der Waals surface area contributed by atoms with Crippen LogP contribution in [0.1, 0.15) is 35.5 Å². The Balaban J connectivity index is 1.66. The summed E-state index contributed by atoms with van der Waals surface area (Å²) in [6.45, 7) is 3.76. The molecule has 0 radical (unpaired) electrons. The molecule has 0 unspecified atom stereocenters. The third-order valence-electron chi connectivity index (χ3n) is 4.02. The summed E-state index contributed by atoms with van der Waals surface area (Å²) in [5.41, 5.74) is 8.38. The molecule has 2 heterocycles. The lowest BCUT2D eigenvalue weighted by Gasteiger charge is -2.10. The van der Waals surface area contributed by atoms with Crippen LogP contribution in [-0.4, -0.2) is 26.4 Å². The zero-order valence-electron chi connectivity index (χ0n) is 16.6. The monoisotopic (exact) mass is 408 g/mol. The fourth-order valence-electron chi connectivity index (χ4n) is 2.55. The molecule has 0 atom stereocenters. The van der Waals surface area contributed by atoms with Crippen LogP contribution >= 0.6 is 0 Å². The molecule has 0 saturated carbocycles. The van der Waals surface area contributed by atoms with Gasteiger partial charge in [0.2, 0.25) is 0 Å². The van der Waals surface area contributed by atoms with E-state index in [0.717, 1.165) is 5.71 Å². The van der Waals surface area contributed by atoms with Gasteiger partial charge in [0.05, 0.1) is 23.8 Å². The molecule has 0 aliphatic rings. The number of halogens is 1. The van der Waals surface area contributed by atoms with Crippen LogP contribution in [0, 0.1) is 5.82 Å². The largest absolute Gasteiger partial charge is 0.382 e. The van der Waals surface area contributed by atoms with E-state index in [1.807, 2.05) is 0 Å². The van der Waals surface area contributed by atoms with Gasteiger partial charge in [0.1, 0.15) is 17.3 Å². The normalized spacial score (nSPS) is 10.4. The second kappa shape index (κ2) is 9.55. The molecular formula is C21H21FN6O2. The average molecular weight is 408 g/mol. The van der Waals surface area contributed by atoms with Crippen molar-refractivity contribution in [1.29, 1.82) is 0 Å². The fraction of sp³-hybridized carbons (Fsp3) is 0.190. The molecule has 0 aliphatic heterocycles. The summed E-state index contributed by atoms with van der Waals surface area (Å²) < 4.78 is 14.2. The molecule has 0 spiro atoms. The minimum Gasteiger partial charge on any atom is -0.382 e. The highest BCUT2D eigenvalue weighted by Gasteiger charge is 2.12. The molecule has 3 N–H and O–H groups in total. The highest BCUT2D eigenvalue weighted by Crippen LogP contribution is 2.18. The summed E-state index contributed by atoms with van der Waals surface area (Å²) in [6.07, 6.45) is 4.30. The Bertz CT molecular complexity index is 1070. The zero-order valence-corrected chi connectivity index (χ0v) is 16.6. The maximum atomic E-state index is 14.2. The van der Waals surface area contributed by atoms with Crippen LogP contribution < -0.4 is 15.9 Å². The van der Waals surface area contributed by atoms with E-state index in [4.69, 9.17) is 10.6 Å². The van der Waals surface area contributed by atoms with Crippen LogP contribution in [0.4, 0.5) is 15.9 Å². The number of aromatic nitrogens is 3. The summed E-state index contributed by atoms with van der Waals surface area (Å²) >= 11 is 0. The van der Waals surface area contributed by atoms with Crippen molar-refractivity contribution in [2.75, 3.05) is 11.1 Å². The number of Topliss-reactive ketones (excluding diaryl/α,β-unsaturated/α-hetero) is 1. The number of carbonyl (C=O) groups excluding carboxylic acids is 1. The Kier molecular flexibility index (Phi) is 6.63. The highest BCUT2D eigenvalue weighted by molar-refractivity contribution is 5.95. The first-order valence-corrected chi connectivity index (χ1v) is 9.17. The number of pyridine rings is 1. The Labute approximate surface area is 173 Å². The minimum absolute atomic E-state index is 0.0589. The second-order valence-electron chi connectivity index (χ2n) is 6.69. The van der Waals surface area contributed by atoms with Crippen LogP contribution in [0.3, 0.4) is 0 Å². The lowest BCUT2D eigenvalue weighted by Crippen LogP contribution is -2.09. The number of ketones is 1. The molecule has 0 saturated heterocycles. The second-order valence-corrected chi connectivity index (χ2v) is 6.69. The van der Waals surface area contributed by atoms with Crippen molar-refractivity contribution in [3.05, 3.63) is 71.6 Å². The van der Waals surface area contributed by atoms with Crippen LogP contribution in [0.5, 0.6) is 5.88 Å². The minimum atomic E-state index is -0.380. The van der Waals surface area contributed by atoms with Crippen molar-refractivity contribution in [2.24, 2.45) is 5.16 Å². The fourth-order valence-corrected chi connectivity index (χ4v) is 2.55. The van der Waals surface area contributed by atoms with Crippen molar-refractivity contribution in [3.63, 3.8) is 0 Å². The van der Waals surface area contributed by atoms with Gasteiger partial charge in [-0.1, -0.05) is 17.3 Å². The van der Waals surface area contributed by atoms with Crippen molar-refractivity contribution in [3.8, 4) is 5.88 Å². The molecular weight excluding hydrogens is 387 g/mol. The Hall–Kier alpha value is -3.88. The van der Waals surface area contributed by atoms with Gasteiger partial charge in [-0.2, -0.15) is 0 Å². The topological polar surface area (TPSA) is 115 Å². The van der Waals surface area contributed by atoms with Gasteiger partial charge in [-0.05, 0) is 37.6 Å². The summed E-state index contributed by atoms with van der Waals surface area (Å²) in [5.74, 6) is -0.104. The number of benzene rings is 1. The molecule has 9 heteroatoms. The quantitative estimate of drug-likeness (QED) is 0.333. The predicted octanol–water partition coefficient (Wildman–Crippen LogP) is 3.41. The Morgan fingerprint density at radius 2 is 2.03 bits per heavy atom. The zero-order chi connectivity index (χ0) is 21.5. The molecule has 3 rings (SSSR count). The molecule has 0 amide bonds. The van der Waals surface area contributed by atoms with Crippen molar-refractivity contribution >= 4 is 23.0 Å². The first kappa shape index (κ1) is 20.8. The van der Waals surface area contributed by atoms with Crippen LogP contribution in [0.15, 0.2) is 54.1 Å². The third kappa shape index (κ3) is 5.57. The number of anilines is 2. The first-order chi connectivity index (χ1) is 14.4. The van der Waals surface area contributed by atoms with Crippen molar-refractivity contribution in [1.82, 2.24) is 15.0 Å². The van der Waals surface area contributed by atoms with Gasteiger partial charge in [-0.25, -0.2) is 19.3 Å². The predicted molar refractivity (Wildman–Crippen MR) is 112 cm³/mol. The molecule has 3 aromatic rings. The molecule has 0 aliphatic carbocycles. The van der Waals surface area contributed by atoms with E-state index in [1.165, 1.54) is 18.5 Å². The molecule has 2 aromatic heterocycles. The van der Waals surface area contributed by atoms with E-state index in [2.05, 4.69) is 25.4 Å². The summed E-state index contributed by atoms with van der Waals surface area (Å²) in [7, 11) is 0. The third-order valence-corrected chi connectivity index (χ3v) is 4.02. The number of rotatable bonds is 8. The number of nitrogens with zero attached hydrogens (tertiary/aromatic N) is 4. The van der Waals surface area contributed by atoms with Gasteiger partial charge in [0.25, 0.3) is 5.88 Å². The van der Waals surface area contributed by atoms with E-state index in [1.54, 1.807) is 44.3 Å². The Morgan fingerprint density at radius 3 is 2.73 bits per heavy atom. The lowest BCUT2D eigenvalue weighted by molar-refractivity contribution is 0.0987. The number of carbonyl (C=O) groups is 1. The maximum absolute atomic E-state index is 14.2. The summed E-state index contributed by atoms with van der Waals surface area (Å²) in [4.78, 5) is 29.6. The number of nitrogens with two attached hydrogens (primary N) is 1. The van der Waals surface area contributed by atoms with Gasteiger partial charge >= 0.3 is 0 Å². The van der Waals surface area contributed by atoms with E-state index in [9.17, 15) is 9.18 Å². The Morgan fingerprint density at radius 1 is 1.20 bits per heavy atom. The van der Waals surface area contributed by atoms with E-state index in [0.29, 0.717) is 22.6 Å². The number of nitrogen functional groups attached to an aromatic ring is 1. The molecule has 0 fully saturated rings. The lowest BCUT2D eigenvalue weighted by atomic mass is 10.0. The van der Waals surface area contributed by atoms with Crippen molar-refractivity contribution < 1.29 is 14.0 Å². The van der Waals surface area contributed by atoms with Crippen molar-refractivity contribution in [2.45, 2.75) is 26.8 Å². The van der Waals surface area contributed by atoms with Gasteiger partial charge < -0.3 is 15.9 Å². The maximum Gasteiger partial charge on any atom is 0.267 e. The smallest absolute Gasteiger partial charge is 0.267 e. The van der Waals surface area contributed by atoms with Gasteiger partial charge in [-0.15, -0.1) is 0 Å². The molecule has 0 bridgehead atoms. The molecule has 30 heavy (non-hydrogen) atoms. The van der Waals surface area contributed by atoms with E-state index < -0.39 is 0 Å².